The number of rotatable bonds is 1. The Morgan fingerprint density at radius 3 is 2.95 bits per heavy atom. The van der Waals surface area contributed by atoms with Crippen LogP contribution in [0.3, 0.4) is 0 Å². The maximum atomic E-state index is 11.2. The van der Waals surface area contributed by atoms with Gasteiger partial charge in [-0.25, -0.2) is 4.68 Å². The average Bonchev–Trinajstić information content (AvgIpc) is 2.78. The highest BCUT2D eigenvalue weighted by Gasteiger charge is 2.45. The van der Waals surface area contributed by atoms with E-state index in [2.05, 4.69) is 15.5 Å². The molecule has 1 aliphatic heterocycles. The standard InChI is InChI=1S/C12H11N5O3/c18-17(19)9-4-1-3-8-10(9)20-12(5-2-6-12)7-16-11(8)13-14-15-16/h1,3-4H,2,5-7H2. The third kappa shape index (κ3) is 1.44. The van der Waals surface area contributed by atoms with Crippen LogP contribution in [0.5, 0.6) is 5.75 Å². The fourth-order valence-electron chi connectivity index (χ4n) is 2.81. The van der Waals surface area contributed by atoms with Crippen molar-refractivity contribution in [2.24, 2.45) is 0 Å². The maximum absolute atomic E-state index is 11.2. The molecule has 102 valence electrons. The van der Waals surface area contributed by atoms with Gasteiger partial charge in [-0.05, 0) is 35.8 Å². The number of hydrogen-bond acceptors (Lipinski definition) is 6. The molecule has 0 radical (unpaired) electrons. The fourth-order valence-corrected chi connectivity index (χ4v) is 2.81. The van der Waals surface area contributed by atoms with E-state index < -0.39 is 10.5 Å². The first-order chi connectivity index (χ1) is 9.69. The van der Waals surface area contributed by atoms with Gasteiger partial charge < -0.3 is 4.74 Å². The molecule has 1 spiro atoms. The van der Waals surface area contributed by atoms with Crippen LogP contribution >= 0.6 is 0 Å². The van der Waals surface area contributed by atoms with Crippen LogP contribution in [0.25, 0.3) is 11.4 Å². The SMILES string of the molecule is O=[N+]([O-])c1cccc2c1OC1(CCC1)Cn1nnnc1-2. The lowest BCUT2D eigenvalue weighted by molar-refractivity contribution is -0.386. The third-order valence-electron chi connectivity index (χ3n) is 3.99. The van der Waals surface area contributed by atoms with Crippen molar-refractivity contribution in [3.63, 3.8) is 0 Å². The normalized spacial score (nSPS) is 18.4. The van der Waals surface area contributed by atoms with Gasteiger partial charge in [-0.1, -0.05) is 6.07 Å². The molecule has 1 saturated carbocycles. The Balaban J connectivity index is 1.98. The molecule has 20 heavy (non-hydrogen) atoms. The van der Waals surface area contributed by atoms with Crippen molar-refractivity contribution in [3.8, 4) is 17.1 Å². The summed E-state index contributed by atoms with van der Waals surface area (Å²) in [5.41, 5.74) is 0.125. The monoisotopic (exact) mass is 273 g/mol. The summed E-state index contributed by atoms with van der Waals surface area (Å²) in [6.45, 7) is 0.529. The first kappa shape index (κ1) is 11.3. The zero-order valence-electron chi connectivity index (χ0n) is 10.5. The Kier molecular flexibility index (Phi) is 2.12. The zero-order chi connectivity index (χ0) is 13.7. The lowest BCUT2D eigenvalue weighted by Crippen LogP contribution is -2.46. The molecule has 1 aromatic carbocycles. The molecule has 8 nitrogen and oxygen atoms in total. The van der Waals surface area contributed by atoms with Gasteiger partial charge in [0.1, 0.15) is 5.60 Å². The van der Waals surface area contributed by atoms with Gasteiger partial charge in [0.2, 0.25) is 5.75 Å². The number of fused-ring (bicyclic) bond motifs is 3. The van der Waals surface area contributed by atoms with Gasteiger partial charge in [0.05, 0.1) is 17.0 Å². The van der Waals surface area contributed by atoms with Crippen molar-refractivity contribution in [1.29, 1.82) is 0 Å². The van der Waals surface area contributed by atoms with E-state index in [1.54, 1.807) is 16.8 Å². The van der Waals surface area contributed by atoms with Crippen molar-refractivity contribution in [1.82, 2.24) is 20.2 Å². The highest BCUT2D eigenvalue weighted by molar-refractivity contribution is 5.71. The highest BCUT2D eigenvalue weighted by atomic mass is 16.6. The van der Waals surface area contributed by atoms with Crippen molar-refractivity contribution in [3.05, 3.63) is 28.3 Å². The van der Waals surface area contributed by atoms with Gasteiger partial charge in [-0.3, -0.25) is 10.1 Å². The Morgan fingerprint density at radius 2 is 2.25 bits per heavy atom. The smallest absolute Gasteiger partial charge is 0.311 e. The number of nitrogens with zero attached hydrogens (tertiary/aromatic N) is 5. The van der Waals surface area contributed by atoms with Gasteiger partial charge in [0.15, 0.2) is 5.82 Å². The van der Waals surface area contributed by atoms with Crippen LogP contribution < -0.4 is 4.74 Å². The second-order valence-corrected chi connectivity index (χ2v) is 5.21. The molecule has 0 saturated heterocycles. The van der Waals surface area contributed by atoms with Gasteiger partial charge >= 0.3 is 5.69 Å². The Bertz CT molecular complexity index is 707. The predicted molar refractivity (Wildman–Crippen MR) is 67.1 cm³/mol. The zero-order valence-corrected chi connectivity index (χ0v) is 10.5. The summed E-state index contributed by atoms with van der Waals surface area (Å²) in [5.74, 6) is 0.804. The molecule has 2 aromatic rings. The van der Waals surface area contributed by atoms with Crippen molar-refractivity contribution in [2.75, 3.05) is 0 Å². The van der Waals surface area contributed by atoms with Crippen LogP contribution in [-0.4, -0.2) is 30.7 Å². The number of aromatic nitrogens is 4. The largest absolute Gasteiger partial charge is 0.478 e. The quantitative estimate of drug-likeness (QED) is 0.578. The summed E-state index contributed by atoms with van der Waals surface area (Å²) in [4.78, 5) is 10.8. The summed E-state index contributed by atoms with van der Waals surface area (Å²) in [6.07, 6.45) is 2.77. The second-order valence-electron chi connectivity index (χ2n) is 5.21. The minimum absolute atomic E-state index is 0.0368. The molecule has 0 unspecified atom stereocenters. The van der Waals surface area contributed by atoms with Crippen LogP contribution in [0.1, 0.15) is 19.3 Å². The molecular formula is C12H11N5O3. The number of nitro benzene ring substituents is 1. The van der Waals surface area contributed by atoms with Gasteiger partial charge in [-0.15, -0.1) is 5.10 Å². The molecule has 2 heterocycles. The molecular weight excluding hydrogens is 262 g/mol. The first-order valence-electron chi connectivity index (χ1n) is 6.42. The van der Waals surface area contributed by atoms with E-state index in [0.717, 1.165) is 19.3 Å². The van der Waals surface area contributed by atoms with E-state index in [0.29, 0.717) is 17.9 Å². The number of benzene rings is 1. The Labute approximate surface area is 113 Å². The highest BCUT2D eigenvalue weighted by Crippen LogP contribution is 2.47. The number of hydrogen-bond donors (Lipinski definition) is 0. The summed E-state index contributed by atoms with van der Waals surface area (Å²) >= 11 is 0. The van der Waals surface area contributed by atoms with Crippen LogP contribution in [0.15, 0.2) is 18.2 Å². The topological polar surface area (TPSA) is 96.0 Å². The van der Waals surface area contributed by atoms with Crippen molar-refractivity contribution >= 4 is 5.69 Å². The van der Waals surface area contributed by atoms with E-state index in [4.69, 9.17) is 4.74 Å². The molecule has 1 fully saturated rings. The molecule has 0 N–H and O–H groups in total. The molecule has 1 aliphatic carbocycles. The van der Waals surface area contributed by atoms with Gasteiger partial charge in [0.25, 0.3) is 0 Å². The summed E-state index contributed by atoms with van der Waals surface area (Å²) in [7, 11) is 0. The van der Waals surface area contributed by atoms with Gasteiger partial charge in [-0.2, -0.15) is 0 Å². The van der Waals surface area contributed by atoms with Gasteiger partial charge in [0, 0.05) is 6.07 Å². The molecule has 0 bridgehead atoms. The van der Waals surface area contributed by atoms with Crippen LogP contribution in [0.2, 0.25) is 0 Å². The van der Waals surface area contributed by atoms with E-state index >= 15 is 0 Å². The first-order valence-corrected chi connectivity index (χ1v) is 6.42. The number of ether oxygens (including phenoxy) is 1. The lowest BCUT2D eigenvalue weighted by Gasteiger charge is -2.40. The Morgan fingerprint density at radius 1 is 1.40 bits per heavy atom. The van der Waals surface area contributed by atoms with Crippen LogP contribution in [-0.2, 0) is 6.54 Å². The molecule has 2 aliphatic rings. The molecule has 0 amide bonds. The minimum atomic E-state index is -0.426. The molecule has 8 heteroatoms. The van der Waals surface area contributed by atoms with Crippen LogP contribution in [0.4, 0.5) is 5.69 Å². The van der Waals surface area contributed by atoms with E-state index in [9.17, 15) is 10.1 Å². The summed E-state index contributed by atoms with van der Waals surface area (Å²) in [6, 6.07) is 4.82. The van der Waals surface area contributed by atoms with Crippen molar-refractivity contribution in [2.45, 2.75) is 31.4 Å². The van der Waals surface area contributed by atoms with E-state index in [1.807, 2.05) is 0 Å². The Hall–Kier alpha value is -2.51. The summed E-state index contributed by atoms with van der Waals surface area (Å²) < 4.78 is 7.72. The van der Waals surface area contributed by atoms with Crippen molar-refractivity contribution < 1.29 is 9.66 Å². The fraction of sp³-hybridized carbons (Fsp3) is 0.417. The molecule has 4 rings (SSSR count). The molecule has 1 aromatic heterocycles. The second kappa shape index (κ2) is 3.75. The third-order valence-corrected chi connectivity index (χ3v) is 3.99. The van der Waals surface area contributed by atoms with E-state index in [1.165, 1.54) is 6.07 Å². The maximum Gasteiger partial charge on any atom is 0.311 e. The number of tetrazole rings is 1. The average molecular weight is 273 g/mol. The minimum Gasteiger partial charge on any atom is -0.478 e. The van der Waals surface area contributed by atoms with Crippen LogP contribution in [0, 0.1) is 10.1 Å². The molecule has 0 atom stereocenters. The lowest BCUT2D eigenvalue weighted by atomic mass is 9.80. The predicted octanol–water partition coefficient (Wildman–Crippen LogP) is 1.56. The number of nitro groups is 1. The number of para-hydroxylation sites is 1. The summed E-state index contributed by atoms with van der Waals surface area (Å²) in [5, 5.41) is 22.9. The van der Waals surface area contributed by atoms with E-state index in [-0.39, 0.29) is 11.4 Å².